The van der Waals surface area contributed by atoms with Gasteiger partial charge in [-0.05, 0) is 27.2 Å². The molecule has 0 saturated carbocycles. The van der Waals surface area contributed by atoms with Crippen LogP contribution in [0, 0.1) is 0 Å². The summed E-state index contributed by atoms with van der Waals surface area (Å²) < 4.78 is 22.0. The summed E-state index contributed by atoms with van der Waals surface area (Å²) in [6.45, 7) is 7.19. The fourth-order valence-electron chi connectivity index (χ4n) is 0.849. The van der Waals surface area contributed by atoms with Crippen LogP contribution in [0.3, 0.4) is 0 Å². The van der Waals surface area contributed by atoms with Gasteiger partial charge in [-0.1, -0.05) is 6.92 Å². The predicted molar refractivity (Wildman–Crippen MR) is 51.8 cm³/mol. The van der Waals surface area contributed by atoms with Crippen molar-refractivity contribution in [2.24, 2.45) is 0 Å². The van der Waals surface area contributed by atoms with Crippen molar-refractivity contribution < 1.29 is 18.7 Å². The quantitative estimate of drug-likeness (QED) is 0.684. The summed E-state index contributed by atoms with van der Waals surface area (Å²) in [5.74, 6) is 0. The van der Waals surface area contributed by atoms with E-state index in [9.17, 15) is 9.67 Å². The Morgan fingerprint density at radius 3 is 1.85 bits per heavy atom. The van der Waals surface area contributed by atoms with Gasteiger partial charge in [0.15, 0.2) is 5.34 Å². The second-order valence-electron chi connectivity index (χ2n) is 2.90. The minimum Gasteiger partial charge on any atom is -0.378 e. The van der Waals surface area contributed by atoms with E-state index in [4.69, 9.17) is 9.05 Å². The fourth-order valence-corrected chi connectivity index (χ4v) is 2.55. The van der Waals surface area contributed by atoms with Crippen LogP contribution in [0.4, 0.5) is 0 Å². The molecule has 0 saturated heterocycles. The van der Waals surface area contributed by atoms with Crippen molar-refractivity contribution in [2.75, 3.05) is 13.2 Å². The molecule has 13 heavy (non-hydrogen) atoms. The summed E-state index contributed by atoms with van der Waals surface area (Å²) in [6, 6.07) is 0. The van der Waals surface area contributed by atoms with Gasteiger partial charge in [0.2, 0.25) is 0 Å². The Bertz CT molecular complexity index is 181. The highest BCUT2D eigenvalue weighted by atomic mass is 31.2. The van der Waals surface area contributed by atoms with Crippen LogP contribution in [-0.4, -0.2) is 23.7 Å². The second kappa shape index (κ2) is 5.11. The molecule has 0 rings (SSSR count). The summed E-state index contributed by atoms with van der Waals surface area (Å²) in [5.41, 5.74) is 0. The third-order valence-corrected chi connectivity index (χ3v) is 4.55. The molecule has 0 fully saturated rings. The zero-order valence-corrected chi connectivity index (χ0v) is 9.63. The molecule has 4 nitrogen and oxygen atoms in total. The van der Waals surface area contributed by atoms with E-state index in [1.54, 1.807) is 20.8 Å². The minimum absolute atomic E-state index is 0.271. The van der Waals surface area contributed by atoms with Crippen molar-refractivity contribution in [3.63, 3.8) is 0 Å². The van der Waals surface area contributed by atoms with Crippen molar-refractivity contribution in [2.45, 2.75) is 39.5 Å². The van der Waals surface area contributed by atoms with Crippen LogP contribution >= 0.6 is 7.60 Å². The molecule has 0 aromatic carbocycles. The van der Waals surface area contributed by atoms with Crippen molar-refractivity contribution in [1.82, 2.24) is 0 Å². The molecular formula is C8H19O4P. The van der Waals surface area contributed by atoms with Crippen molar-refractivity contribution >= 4 is 7.60 Å². The molecule has 0 aliphatic carbocycles. The number of aliphatic hydroxyl groups is 1. The normalized spacial score (nSPS) is 17.0. The number of hydrogen-bond acceptors (Lipinski definition) is 4. The molecule has 0 aromatic heterocycles. The average molecular weight is 210 g/mol. The lowest BCUT2D eigenvalue weighted by Crippen LogP contribution is -2.25. The van der Waals surface area contributed by atoms with E-state index in [-0.39, 0.29) is 13.2 Å². The Morgan fingerprint density at radius 1 is 1.23 bits per heavy atom. The van der Waals surface area contributed by atoms with Crippen LogP contribution in [0.2, 0.25) is 0 Å². The van der Waals surface area contributed by atoms with E-state index in [2.05, 4.69) is 0 Å². The molecule has 0 heterocycles. The molecule has 80 valence electrons. The average Bonchev–Trinajstić information content (AvgIpc) is 2.05. The van der Waals surface area contributed by atoms with Crippen LogP contribution in [0.5, 0.6) is 0 Å². The Labute approximate surface area is 79.8 Å². The first-order chi connectivity index (χ1) is 5.93. The zero-order chi connectivity index (χ0) is 10.5. The maximum atomic E-state index is 12.0. The largest absolute Gasteiger partial charge is 0.378 e. The van der Waals surface area contributed by atoms with Gasteiger partial charge in [0.1, 0.15) is 0 Å². The maximum absolute atomic E-state index is 12.0. The van der Waals surface area contributed by atoms with Crippen molar-refractivity contribution in [3.05, 3.63) is 0 Å². The first-order valence-electron chi connectivity index (χ1n) is 4.55. The lowest BCUT2D eigenvalue weighted by molar-refractivity contribution is 0.0786. The Hall–Kier alpha value is 0.110. The molecule has 5 heteroatoms. The van der Waals surface area contributed by atoms with E-state index < -0.39 is 12.9 Å². The highest BCUT2D eigenvalue weighted by Gasteiger charge is 2.44. The van der Waals surface area contributed by atoms with E-state index in [0.717, 1.165) is 0 Å². The third-order valence-electron chi connectivity index (χ3n) is 1.86. The van der Waals surface area contributed by atoms with Crippen LogP contribution in [0.1, 0.15) is 34.1 Å². The van der Waals surface area contributed by atoms with Gasteiger partial charge in [-0.2, -0.15) is 0 Å². The molecule has 1 N–H and O–H groups in total. The van der Waals surface area contributed by atoms with Gasteiger partial charge in [-0.3, -0.25) is 4.57 Å². The van der Waals surface area contributed by atoms with Gasteiger partial charge in [0, 0.05) is 0 Å². The van der Waals surface area contributed by atoms with Crippen LogP contribution in [0.15, 0.2) is 0 Å². The fraction of sp³-hybridized carbons (Fsp3) is 1.00. The molecular weight excluding hydrogens is 191 g/mol. The standard InChI is InChI=1S/C8H19O4P/c1-5-8(4,9)13(10,11-6-2)12-7-3/h9H,5-7H2,1-4H3/t8-/m1/s1. The summed E-state index contributed by atoms with van der Waals surface area (Å²) in [7, 11) is -3.37. The van der Waals surface area contributed by atoms with E-state index in [1.807, 2.05) is 0 Å². The topological polar surface area (TPSA) is 55.8 Å². The summed E-state index contributed by atoms with van der Waals surface area (Å²) >= 11 is 0. The molecule has 0 unspecified atom stereocenters. The van der Waals surface area contributed by atoms with E-state index in [1.165, 1.54) is 6.92 Å². The number of hydrogen-bond donors (Lipinski definition) is 1. The van der Waals surface area contributed by atoms with Gasteiger partial charge in [-0.15, -0.1) is 0 Å². The van der Waals surface area contributed by atoms with Gasteiger partial charge in [0.05, 0.1) is 13.2 Å². The lowest BCUT2D eigenvalue weighted by atomic mass is 10.3. The molecule has 0 aliphatic rings. The molecule has 0 aromatic rings. The smallest absolute Gasteiger partial charge is 0.361 e. The maximum Gasteiger partial charge on any atom is 0.361 e. The molecule has 0 bridgehead atoms. The van der Waals surface area contributed by atoms with Crippen molar-refractivity contribution in [3.8, 4) is 0 Å². The van der Waals surface area contributed by atoms with Crippen LogP contribution < -0.4 is 0 Å². The van der Waals surface area contributed by atoms with Gasteiger partial charge >= 0.3 is 7.60 Å². The lowest BCUT2D eigenvalue weighted by Gasteiger charge is -2.30. The Kier molecular flexibility index (Phi) is 5.15. The first kappa shape index (κ1) is 13.1. The molecule has 1 atom stereocenters. The van der Waals surface area contributed by atoms with E-state index in [0.29, 0.717) is 6.42 Å². The van der Waals surface area contributed by atoms with E-state index >= 15 is 0 Å². The number of rotatable bonds is 6. The molecule has 0 spiro atoms. The summed E-state index contributed by atoms with van der Waals surface area (Å²) in [4.78, 5) is 0. The van der Waals surface area contributed by atoms with Gasteiger partial charge in [0.25, 0.3) is 0 Å². The first-order valence-corrected chi connectivity index (χ1v) is 6.09. The van der Waals surface area contributed by atoms with Gasteiger partial charge in [-0.25, -0.2) is 0 Å². The predicted octanol–water partition coefficient (Wildman–Crippen LogP) is 2.37. The minimum atomic E-state index is -3.37. The molecule has 0 amide bonds. The highest BCUT2D eigenvalue weighted by Crippen LogP contribution is 2.59. The van der Waals surface area contributed by atoms with Crippen molar-refractivity contribution in [1.29, 1.82) is 0 Å². The highest BCUT2D eigenvalue weighted by molar-refractivity contribution is 7.55. The zero-order valence-electron chi connectivity index (χ0n) is 8.74. The monoisotopic (exact) mass is 210 g/mol. The second-order valence-corrected chi connectivity index (χ2v) is 5.38. The summed E-state index contributed by atoms with van der Waals surface area (Å²) in [6.07, 6.45) is 0.338. The van der Waals surface area contributed by atoms with Crippen LogP contribution in [0.25, 0.3) is 0 Å². The van der Waals surface area contributed by atoms with Crippen LogP contribution in [-0.2, 0) is 13.6 Å². The molecule has 0 aliphatic heterocycles. The Balaban J connectivity index is 4.67. The Morgan fingerprint density at radius 2 is 1.62 bits per heavy atom. The SMILES string of the molecule is CCOP(=O)(OCC)[C@@](C)(O)CC. The third kappa shape index (κ3) is 3.06. The summed E-state index contributed by atoms with van der Waals surface area (Å²) in [5, 5.41) is 8.40. The molecule has 0 radical (unpaired) electrons. The van der Waals surface area contributed by atoms with Gasteiger partial charge < -0.3 is 14.2 Å².